The predicted octanol–water partition coefficient (Wildman–Crippen LogP) is 1.49. The summed E-state index contributed by atoms with van der Waals surface area (Å²) in [7, 11) is 5.86. The number of benzene rings is 1. The van der Waals surface area contributed by atoms with Crippen LogP contribution in [-0.4, -0.2) is 17.9 Å². The molecule has 0 bridgehead atoms. The van der Waals surface area contributed by atoms with Crippen molar-refractivity contribution in [2.45, 2.75) is 19.4 Å². The molecular formula is C12H12BClN2O. The van der Waals surface area contributed by atoms with Gasteiger partial charge in [0.25, 0.3) is 0 Å². The summed E-state index contributed by atoms with van der Waals surface area (Å²) in [6.07, 6.45) is 0. The second-order valence-corrected chi connectivity index (χ2v) is 4.92. The second kappa shape index (κ2) is 3.89. The number of nitrogens with two attached hydrogens (primary N) is 1. The first-order chi connectivity index (χ1) is 7.80. The molecular weight excluding hydrogens is 234 g/mol. The fourth-order valence-electron chi connectivity index (χ4n) is 1.75. The number of aromatic nitrogens is 1. The third-order valence-corrected chi connectivity index (χ3v) is 2.93. The molecule has 3 nitrogen and oxygen atoms in total. The van der Waals surface area contributed by atoms with Gasteiger partial charge in [-0.05, 0) is 37.4 Å². The van der Waals surface area contributed by atoms with E-state index in [2.05, 4.69) is 4.98 Å². The van der Waals surface area contributed by atoms with E-state index in [4.69, 9.17) is 25.2 Å². The first-order valence-electron chi connectivity index (χ1n) is 5.18. The Hall–Kier alpha value is -1.26. The third-order valence-electron chi connectivity index (χ3n) is 2.60. The van der Waals surface area contributed by atoms with Gasteiger partial charge in [-0.2, -0.15) is 0 Å². The van der Waals surface area contributed by atoms with Gasteiger partial charge >= 0.3 is 0 Å². The van der Waals surface area contributed by atoms with Gasteiger partial charge in [0.2, 0.25) is 0 Å². The first-order valence-corrected chi connectivity index (χ1v) is 5.55. The van der Waals surface area contributed by atoms with Gasteiger partial charge in [-0.15, -0.1) is 0 Å². The van der Waals surface area contributed by atoms with E-state index in [9.17, 15) is 5.11 Å². The molecule has 0 fully saturated rings. The van der Waals surface area contributed by atoms with Gasteiger partial charge in [-0.1, -0.05) is 17.1 Å². The minimum atomic E-state index is -1.09. The van der Waals surface area contributed by atoms with Crippen LogP contribution in [-0.2, 0) is 5.60 Å². The number of fused-ring (bicyclic) bond motifs is 1. The molecule has 0 atom stereocenters. The molecule has 0 spiro atoms. The van der Waals surface area contributed by atoms with Crippen LogP contribution in [0, 0.1) is 0 Å². The molecule has 0 amide bonds. The molecule has 2 radical (unpaired) electrons. The zero-order chi connectivity index (χ0) is 12.8. The highest BCUT2D eigenvalue weighted by atomic mass is 35.5. The lowest BCUT2D eigenvalue weighted by Gasteiger charge is -2.19. The molecule has 2 rings (SSSR count). The van der Waals surface area contributed by atoms with E-state index in [0.29, 0.717) is 32.8 Å². The summed E-state index contributed by atoms with van der Waals surface area (Å²) in [4.78, 5) is 4.33. The number of hydrogen-bond acceptors (Lipinski definition) is 3. The number of anilines is 1. The third kappa shape index (κ3) is 2.10. The van der Waals surface area contributed by atoms with Crippen LogP contribution in [0.25, 0.3) is 10.9 Å². The first kappa shape index (κ1) is 12.2. The molecule has 0 aliphatic carbocycles. The number of nitrogens with zero attached hydrogens (tertiary/aromatic N) is 1. The Morgan fingerprint density at radius 3 is 2.65 bits per heavy atom. The average molecular weight is 247 g/mol. The summed E-state index contributed by atoms with van der Waals surface area (Å²) in [5.74, 6) is 0. The Bertz CT molecular complexity index is 593. The molecule has 17 heavy (non-hydrogen) atoms. The van der Waals surface area contributed by atoms with Gasteiger partial charge in [0, 0.05) is 5.02 Å². The number of halogens is 1. The molecule has 0 aliphatic heterocycles. The summed E-state index contributed by atoms with van der Waals surface area (Å²) in [6, 6.07) is 5.12. The topological polar surface area (TPSA) is 59.1 Å². The summed E-state index contributed by atoms with van der Waals surface area (Å²) < 4.78 is 0. The van der Waals surface area contributed by atoms with E-state index in [1.807, 2.05) is 0 Å². The van der Waals surface area contributed by atoms with Crippen molar-refractivity contribution in [1.29, 1.82) is 0 Å². The Labute approximate surface area is 106 Å². The summed E-state index contributed by atoms with van der Waals surface area (Å²) in [6.45, 7) is 3.27. The number of nitrogen functional groups attached to an aromatic ring is 1. The molecule has 86 valence electrons. The molecule has 1 aromatic carbocycles. The maximum Gasteiger partial charge on any atom is 0.116 e. The highest BCUT2D eigenvalue weighted by molar-refractivity contribution is 6.49. The van der Waals surface area contributed by atoms with E-state index in [1.165, 1.54) is 0 Å². The van der Waals surface area contributed by atoms with Gasteiger partial charge < -0.3 is 10.8 Å². The van der Waals surface area contributed by atoms with E-state index >= 15 is 0 Å². The van der Waals surface area contributed by atoms with Crippen LogP contribution in [0.1, 0.15) is 19.5 Å². The number of hydrogen-bond donors (Lipinski definition) is 2. The molecule has 2 aromatic rings. The number of aliphatic hydroxyl groups is 1. The van der Waals surface area contributed by atoms with Crippen LogP contribution in [0.2, 0.25) is 5.02 Å². The lowest BCUT2D eigenvalue weighted by Crippen LogP contribution is -2.20. The maximum atomic E-state index is 9.95. The zero-order valence-electron chi connectivity index (χ0n) is 9.66. The molecule has 3 N–H and O–H groups in total. The Kier molecular flexibility index (Phi) is 2.80. The minimum absolute atomic E-state index is 0.402. The van der Waals surface area contributed by atoms with Crippen molar-refractivity contribution in [2.24, 2.45) is 0 Å². The van der Waals surface area contributed by atoms with E-state index < -0.39 is 5.60 Å². The summed E-state index contributed by atoms with van der Waals surface area (Å²) in [5.41, 5.74) is 6.73. The fraction of sp³-hybridized carbons (Fsp3) is 0.250. The van der Waals surface area contributed by atoms with Crippen LogP contribution in [0.4, 0.5) is 5.69 Å². The van der Waals surface area contributed by atoms with Crippen molar-refractivity contribution in [1.82, 2.24) is 4.98 Å². The van der Waals surface area contributed by atoms with Crippen LogP contribution in [0.5, 0.6) is 0 Å². The van der Waals surface area contributed by atoms with Crippen molar-refractivity contribution < 1.29 is 5.11 Å². The van der Waals surface area contributed by atoms with Gasteiger partial charge in [-0.3, -0.25) is 0 Å². The molecule has 0 unspecified atom stereocenters. The van der Waals surface area contributed by atoms with Crippen molar-refractivity contribution >= 4 is 41.5 Å². The highest BCUT2D eigenvalue weighted by Gasteiger charge is 2.21. The molecule has 0 saturated heterocycles. The smallest absolute Gasteiger partial charge is 0.116 e. The molecule has 1 heterocycles. The van der Waals surface area contributed by atoms with Crippen LogP contribution >= 0.6 is 11.6 Å². The van der Waals surface area contributed by atoms with Crippen LogP contribution < -0.4 is 11.2 Å². The lowest BCUT2D eigenvalue weighted by molar-refractivity contribution is 0.0751. The fourth-order valence-corrected chi connectivity index (χ4v) is 1.91. The van der Waals surface area contributed by atoms with Crippen molar-refractivity contribution in [3.8, 4) is 0 Å². The van der Waals surface area contributed by atoms with E-state index in [0.717, 1.165) is 0 Å². The van der Waals surface area contributed by atoms with Gasteiger partial charge in [0.05, 0.1) is 16.9 Å². The Morgan fingerprint density at radius 2 is 2.06 bits per heavy atom. The largest absolute Gasteiger partial charge is 0.397 e. The normalized spacial score (nSPS) is 12.0. The Morgan fingerprint density at radius 1 is 1.41 bits per heavy atom. The monoisotopic (exact) mass is 246 g/mol. The van der Waals surface area contributed by atoms with E-state index in [1.54, 1.807) is 32.0 Å². The van der Waals surface area contributed by atoms with Gasteiger partial charge in [0.1, 0.15) is 13.4 Å². The number of rotatable bonds is 1. The van der Waals surface area contributed by atoms with Gasteiger partial charge in [-0.25, -0.2) is 4.98 Å². The predicted molar refractivity (Wildman–Crippen MR) is 71.8 cm³/mol. The molecule has 1 aromatic heterocycles. The second-order valence-electron chi connectivity index (χ2n) is 4.51. The molecule has 0 aliphatic rings. The number of pyridine rings is 1. The van der Waals surface area contributed by atoms with Crippen molar-refractivity contribution in [3.05, 3.63) is 28.9 Å². The maximum absolute atomic E-state index is 9.95. The Balaban J connectivity index is 2.80. The highest BCUT2D eigenvalue weighted by Crippen LogP contribution is 2.27. The average Bonchev–Trinajstić information content (AvgIpc) is 2.22. The quantitative estimate of drug-likeness (QED) is 0.750. The molecule has 0 saturated carbocycles. The SMILES string of the molecule is [B]c1c(Cl)ccc2nc(C(C)(C)O)c(N)cc12. The lowest BCUT2D eigenvalue weighted by atomic mass is 9.90. The molecule has 5 heteroatoms. The standard InChI is InChI=1S/C12H12BClN2O/c1-12(2,17)11-8(15)5-6-9(16-11)4-3-7(14)10(6)13/h3-5,17H,15H2,1-2H3. The van der Waals surface area contributed by atoms with Crippen LogP contribution in [0.3, 0.4) is 0 Å². The van der Waals surface area contributed by atoms with Crippen LogP contribution in [0.15, 0.2) is 18.2 Å². The minimum Gasteiger partial charge on any atom is -0.397 e. The summed E-state index contributed by atoms with van der Waals surface area (Å²) >= 11 is 5.93. The van der Waals surface area contributed by atoms with E-state index in [-0.39, 0.29) is 0 Å². The van der Waals surface area contributed by atoms with Crippen molar-refractivity contribution in [2.75, 3.05) is 5.73 Å². The van der Waals surface area contributed by atoms with Crippen molar-refractivity contribution in [3.63, 3.8) is 0 Å². The summed E-state index contributed by atoms with van der Waals surface area (Å²) in [5, 5.41) is 11.1. The van der Waals surface area contributed by atoms with Gasteiger partial charge in [0.15, 0.2) is 0 Å². The zero-order valence-corrected chi connectivity index (χ0v) is 10.4.